The Morgan fingerprint density at radius 2 is 1.91 bits per heavy atom. The lowest BCUT2D eigenvalue weighted by Crippen LogP contribution is -2.23. The van der Waals surface area contributed by atoms with Crippen LogP contribution >= 0.6 is 11.8 Å². The molecule has 0 radical (unpaired) electrons. The first-order valence-corrected chi connectivity index (χ1v) is 9.65. The predicted octanol–water partition coefficient (Wildman–Crippen LogP) is 4.40. The molecule has 3 nitrogen and oxygen atoms in total. The molecule has 0 spiro atoms. The Morgan fingerprint density at radius 1 is 1.22 bits per heavy atom. The first-order valence-electron chi connectivity index (χ1n) is 8.77. The molecule has 1 saturated heterocycles. The summed E-state index contributed by atoms with van der Waals surface area (Å²) in [4.78, 5) is 13.7. The second kappa shape index (κ2) is 8.20. The summed E-state index contributed by atoms with van der Waals surface area (Å²) in [6, 6.07) is 8.56. The van der Waals surface area contributed by atoms with E-state index < -0.39 is 0 Å². The van der Waals surface area contributed by atoms with Crippen LogP contribution in [-0.4, -0.2) is 31.0 Å². The molecule has 1 unspecified atom stereocenters. The molecular formula is C19H26O3S. The maximum absolute atomic E-state index is 12.4. The molecule has 1 aliphatic carbocycles. The Hall–Kier alpha value is -1.00. The molecule has 0 amide bonds. The highest BCUT2D eigenvalue weighted by Gasteiger charge is 2.27. The lowest BCUT2D eigenvalue weighted by atomic mass is 9.85. The van der Waals surface area contributed by atoms with Crippen molar-refractivity contribution in [3.05, 3.63) is 29.8 Å². The van der Waals surface area contributed by atoms with Gasteiger partial charge < -0.3 is 9.47 Å². The van der Waals surface area contributed by atoms with Crippen molar-refractivity contribution in [2.24, 2.45) is 5.92 Å². The zero-order chi connectivity index (χ0) is 16.1. The molecule has 0 aromatic heterocycles. The highest BCUT2D eigenvalue weighted by Crippen LogP contribution is 2.39. The van der Waals surface area contributed by atoms with Crippen molar-refractivity contribution in [2.45, 2.75) is 55.1 Å². The second-order valence-electron chi connectivity index (χ2n) is 6.48. The third-order valence-corrected chi connectivity index (χ3v) is 5.94. The standard InChI is InChI=1S/C19H26O3S/c1-2-22-19(20)18(13-14-9-11-21-12-10-14)15-3-5-16(6-4-15)23-17-7-8-17/h3-6,14,17-18H,2,7-13H2,1H3. The average molecular weight is 334 g/mol. The topological polar surface area (TPSA) is 35.5 Å². The van der Waals surface area contributed by atoms with E-state index in [4.69, 9.17) is 9.47 Å². The van der Waals surface area contributed by atoms with Gasteiger partial charge in [0.05, 0.1) is 12.5 Å². The molecule has 2 fully saturated rings. The molecule has 23 heavy (non-hydrogen) atoms. The summed E-state index contributed by atoms with van der Waals surface area (Å²) in [6.07, 6.45) is 5.64. The molecule has 126 valence electrons. The Morgan fingerprint density at radius 3 is 2.52 bits per heavy atom. The van der Waals surface area contributed by atoms with Gasteiger partial charge >= 0.3 is 5.97 Å². The fraction of sp³-hybridized carbons (Fsp3) is 0.632. The minimum Gasteiger partial charge on any atom is -0.466 e. The summed E-state index contributed by atoms with van der Waals surface area (Å²) in [5.41, 5.74) is 1.09. The highest BCUT2D eigenvalue weighted by atomic mass is 32.2. The largest absolute Gasteiger partial charge is 0.466 e. The summed E-state index contributed by atoms with van der Waals surface area (Å²) >= 11 is 1.95. The summed E-state index contributed by atoms with van der Waals surface area (Å²) < 4.78 is 10.8. The number of ether oxygens (including phenoxy) is 2. The average Bonchev–Trinajstić information content (AvgIpc) is 3.39. The minimum atomic E-state index is -0.141. The second-order valence-corrected chi connectivity index (χ2v) is 7.86. The van der Waals surface area contributed by atoms with Crippen LogP contribution in [0.3, 0.4) is 0 Å². The van der Waals surface area contributed by atoms with Crippen molar-refractivity contribution >= 4 is 17.7 Å². The number of benzene rings is 1. The van der Waals surface area contributed by atoms with E-state index in [1.807, 2.05) is 18.7 Å². The Balaban J connectivity index is 1.68. The summed E-state index contributed by atoms with van der Waals surface area (Å²) in [5.74, 6) is 0.332. The van der Waals surface area contributed by atoms with Crippen molar-refractivity contribution in [1.29, 1.82) is 0 Å². The van der Waals surface area contributed by atoms with E-state index in [9.17, 15) is 4.79 Å². The molecule has 1 aromatic rings. The van der Waals surface area contributed by atoms with E-state index >= 15 is 0 Å². The van der Waals surface area contributed by atoms with Crippen molar-refractivity contribution in [3.8, 4) is 0 Å². The molecule has 1 saturated carbocycles. The molecule has 0 N–H and O–H groups in total. The monoisotopic (exact) mass is 334 g/mol. The van der Waals surface area contributed by atoms with Gasteiger partial charge in [0.1, 0.15) is 0 Å². The van der Waals surface area contributed by atoms with E-state index in [0.29, 0.717) is 12.5 Å². The molecule has 2 aliphatic rings. The molecule has 1 heterocycles. The predicted molar refractivity (Wildman–Crippen MR) is 92.9 cm³/mol. The van der Waals surface area contributed by atoms with Crippen molar-refractivity contribution in [3.63, 3.8) is 0 Å². The smallest absolute Gasteiger partial charge is 0.313 e. The van der Waals surface area contributed by atoms with E-state index in [1.165, 1.54) is 17.7 Å². The van der Waals surface area contributed by atoms with Crippen LogP contribution in [0.15, 0.2) is 29.2 Å². The highest BCUT2D eigenvalue weighted by molar-refractivity contribution is 8.00. The van der Waals surface area contributed by atoms with Crippen LogP contribution in [0, 0.1) is 5.92 Å². The normalized spacial score (nSPS) is 20.2. The summed E-state index contributed by atoms with van der Waals surface area (Å²) in [7, 11) is 0. The quantitative estimate of drug-likeness (QED) is 0.692. The first kappa shape index (κ1) is 16.8. The number of thioether (sulfide) groups is 1. The van der Waals surface area contributed by atoms with Crippen molar-refractivity contribution in [2.75, 3.05) is 19.8 Å². The zero-order valence-corrected chi connectivity index (χ0v) is 14.6. The fourth-order valence-corrected chi connectivity index (χ4v) is 4.13. The van der Waals surface area contributed by atoms with Gasteiger partial charge in [-0.1, -0.05) is 12.1 Å². The molecule has 4 heteroatoms. The van der Waals surface area contributed by atoms with Gasteiger partial charge in [0.2, 0.25) is 0 Å². The van der Waals surface area contributed by atoms with Crippen LogP contribution in [0.2, 0.25) is 0 Å². The number of rotatable bonds is 7. The van der Waals surface area contributed by atoms with Crippen LogP contribution < -0.4 is 0 Å². The van der Waals surface area contributed by atoms with Gasteiger partial charge in [-0.15, -0.1) is 11.8 Å². The van der Waals surface area contributed by atoms with Gasteiger partial charge in [-0.05, 0) is 62.6 Å². The number of carbonyl (C=O) groups excluding carboxylic acids is 1. The van der Waals surface area contributed by atoms with Gasteiger partial charge in [0, 0.05) is 23.4 Å². The molecular weight excluding hydrogens is 308 g/mol. The Bertz CT molecular complexity index is 504. The number of hydrogen-bond donors (Lipinski definition) is 0. The summed E-state index contributed by atoms with van der Waals surface area (Å²) in [6.45, 7) is 3.95. The van der Waals surface area contributed by atoms with E-state index in [2.05, 4.69) is 24.3 Å². The SMILES string of the molecule is CCOC(=O)C(CC1CCOCC1)c1ccc(SC2CC2)cc1. The third kappa shape index (κ3) is 4.98. The van der Waals surface area contributed by atoms with Gasteiger partial charge in [0.25, 0.3) is 0 Å². The maximum atomic E-state index is 12.4. The number of esters is 1. The lowest BCUT2D eigenvalue weighted by molar-refractivity contribution is -0.145. The Kier molecular flexibility index (Phi) is 6.01. The van der Waals surface area contributed by atoms with Crippen molar-refractivity contribution < 1.29 is 14.3 Å². The molecule has 1 aliphatic heterocycles. The van der Waals surface area contributed by atoms with Crippen LogP contribution in [0.25, 0.3) is 0 Å². The molecule has 1 atom stereocenters. The van der Waals surface area contributed by atoms with Crippen LogP contribution in [0.4, 0.5) is 0 Å². The maximum Gasteiger partial charge on any atom is 0.313 e. The zero-order valence-electron chi connectivity index (χ0n) is 13.8. The van der Waals surface area contributed by atoms with Gasteiger partial charge in [-0.25, -0.2) is 0 Å². The van der Waals surface area contributed by atoms with E-state index in [1.54, 1.807) is 0 Å². The fourth-order valence-electron chi connectivity index (χ4n) is 3.08. The Labute approximate surface area is 143 Å². The molecule has 0 bridgehead atoms. The van der Waals surface area contributed by atoms with E-state index in [0.717, 1.165) is 43.3 Å². The van der Waals surface area contributed by atoms with E-state index in [-0.39, 0.29) is 11.9 Å². The van der Waals surface area contributed by atoms with Crippen LogP contribution in [-0.2, 0) is 14.3 Å². The molecule has 1 aromatic carbocycles. The van der Waals surface area contributed by atoms with Crippen molar-refractivity contribution in [1.82, 2.24) is 0 Å². The number of carbonyl (C=O) groups is 1. The first-order chi connectivity index (χ1) is 11.3. The van der Waals surface area contributed by atoms with Crippen LogP contribution in [0.1, 0.15) is 50.5 Å². The minimum absolute atomic E-state index is 0.0819. The number of hydrogen-bond acceptors (Lipinski definition) is 4. The van der Waals surface area contributed by atoms with Crippen LogP contribution in [0.5, 0.6) is 0 Å². The third-order valence-electron chi connectivity index (χ3n) is 4.59. The van der Waals surface area contributed by atoms with Gasteiger partial charge in [-0.3, -0.25) is 4.79 Å². The summed E-state index contributed by atoms with van der Waals surface area (Å²) in [5, 5.41) is 0.809. The molecule has 3 rings (SSSR count). The lowest BCUT2D eigenvalue weighted by Gasteiger charge is -2.26. The van der Waals surface area contributed by atoms with Gasteiger partial charge in [0.15, 0.2) is 0 Å². The van der Waals surface area contributed by atoms with Gasteiger partial charge in [-0.2, -0.15) is 0 Å².